The van der Waals surface area contributed by atoms with Gasteiger partial charge in [-0.15, -0.1) is 11.3 Å². The van der Waals surface area contributed by atoms with Crippen LogP contribution in [-0.4, -0.2) is 13.5 Å². The molecule has 0 amide bonds. The SMILES string of the molecule is Cc1ccc(C(C)NS(=O)(=O)c2cc(CO)cs2)o1. The molecule has 2 rings (SSSR count). The van der Waals surface area contributed by atoms with Gasteiger partial charge in [0.15, 0.2) is 0 Å². The fraction of sp³-hybridized carbons (Fsp3) is 0.333. The third-order valence-corrected chi connectivity index (χ3v) is 5.63. The lowest BCUT2D eigenvalue weighted by atomic mass is 10.3. The molecule has 2 N–H and O–H groups in total. The first kappa shape index (κ1) is 14.3. The number of aliphatic hydroxyl groups excluding tert-OH is 1. The summed E-state index contributed by atoms with van der Waals surface area (Å²) in [6, 6.07) is 4.55. The van der Waals surface area contributed by atoms with E-state index in [0.717, 1.165) is 17.1 Å². The number of aryl methyl sites for hydroxylation is 1. The van der Waals surface area contributed by atoms with Gasteiger partial charge in [-0.1, -0.05) is 0 Å². The summed E-state index contributed by atoms with van der Waals surface area (Å²) in [6.07, 6.45) is 0. The first-order chi connectivity index (χ1) is 8.92. The Morgan fingerprint density at radius 3 is 2.74 bits per heavy atom. The largest absolute Gasteiger partial charge is 0.465 e. The summed E-state index contributed by atoms with van der Waals surface area (Å²) < 4.78 is 32.4. The second-order valence-corrected chi connectivity index (χ2v) is 7.08. The summed E-state index contributed by atoms with van der Waals surface area (Å²) in [5.74, 6) is 1.31. The minimum atomic E-state index is -3.59. The molecule has 0 bridgehead atoms. The molecular formula is C12H15NO4S2. The van der Waals surface area contributed by atoms with Gasteiger partial charge < -0.3 is 9.52 Å². The number of sulfonamides is 1. The molecule has 0 aliphatic carbocycles. The van der Waals surface area contributed by atoms with Crippen molar-refractivity contribution in [3.63, 3.8) is 0 Å². The molecule has 2 heterocycles. The van der Waals surface area contributed by atoms with E-state index in [1.165, 1.54) is 6.07 Å². The number of nitrogens with one attached hydrogen (secondary N) is 1. The highest BCUT2D eigenvalue weighted by atomic mass is 32.2. The summed E-state index contributed by atoms with van der Waals surface area (Å²) >= 11 is 1.08. The molecule has 7 heteroatoms. The van der Waals surface area contributed by atoms with E-state index in [0.29, 0.717) is 11.3 Å². The minimum Gasteiger partial charge on any atom is -0.465 e. The molecule has 19 heavy (non-hydrogen) atoms. The quantitative estimate of drug-likeness (QED) is 0.887. The second-order valence-electron chi connectivity index (χ2n) is 4.22. The first-order valence-corrected chi connectivity index (χ1v) is 8.05. The first-order valence-electron chi connectivity index (χ1n) is 5.69. The van der Waals surface area contributed by atoms with Crippen molar-refractivity contribution in [2.45, 2.75) is 30.7 Å². The van der Waals surface area contributed by atoms with Crippen molar-refractivity contribution < 1.29 is 17.9 Å². The topological polar surface area (TPSA) is 79.5 Å². The molecule has 1 atom stereocenters. The fourth-order valence-electron chi connectivity index (χ4n) is 1.61. The van der Waals surface area contributed by atoms with Crippen molar-refractivity contribution in [2.24, 2.45) is 0 Å². The molecule has 0 saturated heterocycles. The Labute approximate surface area is 115 Å². The van der Waals surface area contributed by atoms with E-state index in [1.54, 1.807) is 31.4 Å². The van der Waals surface area contributed by atoms with Gasteiger partial charge in [0.05, 0.1) is 12.6 Å². The van der Waals surface area contributed by atoms with Crippen molar-refractivity contribution in [3.8, 4) is 0 Å². The van der Waals surface area contributed by atoms with E-state index < -0.39 is 16.1 Å². The molecule has 0 spiro atoms. The molecule has 1 unspecified atom stereocenters. The average molecular weight is 301 g/mol. The normalized spacial score (nSPS) is 13.6. The summed E-state index contributed by atoms with van der Waals surface area (Å²) in [7, 11) is -3.59. The number of hydrogen-bond donors (Lipinski definition) is 2. The Hall–Kier alpha value is -1.15. The molecule has 5 nitrogen and oxygen atoms in total. The lowest BCUT2D eigenvalue weighted by molar-refractivity contribution is 0.282. The number of aliphatic hydroxyl groups is 1. The van der Waals surface area contributed by atoms with Crippen LogP contribution in [0.4, 0.5) is 0 Å². The van der Waals surface area contributed by atoms with Crippen LogP contribution in [0.2, 0.25) is 0 Å². The van der Waals surface area contributed by atoms with E-state index in [2.05, 4.69) is 4.72 Å². The van der Waals surface area contributed by atoms with Crippen molar-refractivity contribution >= 4 is 21.4 Å². The Kier molecular flexibility index (Phi) is 4.10. The smallest absolute Gasteiger partial charge is 0.250 e. The zero-order valence-electron chi connectivity index (χ0n) is 10.6. The van der Waals surface area contributed by atoms with Gasteiger partial charge in [-0.2, -0.15) is 0 Å². The third kappa shape index (κ3) is 3.24. The van der Waals surface area contributed by atoms with Crippen LogP contribution in [0.1, 0.15) is 30.0 Å². The zero-order chi connectivity index (χ0) is 14.0. The van der Waals surface area contributed by atoms with Crippen LogP contribution in [0.5, 0.6) is 0 Å². The molecule has 2 aromatic rings. The Morgan fingerprint density at radius 2 is 2.21 bits per heavy atom. The van der Waals surface area contributed by atoms with Gasteiger partial charge in [-0.3, -0.25) is 0 Å². The fourth-order valence-corrected chi connectivity index (χ4v) is 4.04. The van der Waals surface area contributed by atoms with Gasteiger partial charge in [0, 0.05) is 0 Å². The molecule has 0 aliphatic heterocycles. The number of hydrogen-bond acceptors (Lipinski definition) is 5. The van der Waals surface area contributed by atoms with Gasteiger partial charge in [-0.05, 0) is 43.0 Å². The summed E-state index contributed by atoms with van der Waals surface area (Å²) in [5.41, 5.74) is 0.590. The predicted molar refractivity (Wildman–Crippen MR) is 72.4 cm³/mol. The second kappa shape index (κ2) is 5.46. The zero-order valence-corrected chi connectivity index (χ0v) is 12.2. The summed E-state index contributed by atoms with van der Waals surface area (Å²) in [6.45, 7) is 3.35. The highest BCUT2D eigenvalue weighted by molar-refractivity contribution is 7.91. The van der Waals surface area contributed by atoms with Gasteiger partial charge in [-0.25, -0.2) is 13.1 Å². The maximum Gasteiger partial charge on any atom is 0.250 e. The lowest BCUT2D eigenvalue weighted by Gasteiger charge is -2.10. The average Bonchev–Trinajstić information content (AvgIpc) is 2.96. The van der Waals surface area contributed by atoms with Gasteiger partial charge >= 0.3 is 0 Å². The van der Waals surface area contributed by atoms with Crippen LogP contribution in [0.3, 0.4) is 0 Å². The summed E-state index contributed by atoms with van der Waals surface area (Å²) in [4.78, 5) is 0. The van der Waals surface area contributed by atoms with Crippen LogP contribution in [-0.2, 0) is 16.6 Å². The number of furan rings is 1. The van der Waals surface area contributed by atoms with Crippen LogP contribution in [0, 0.1) is 6.92 Å². The van der Waals surface area contributed by atoms with Crippen LogP contribution in [0.25, 0.3) is 0 Å². The summed E-state index contributed by atoms with van der Waals surface area (Å²) in [5, 5.41) is 10.6. The van der Waals surface area contributed by atoms with Crippen molar-refractivity contribution in [1.29, 1.82) is 0 Å². The van der Waals surface area contributed by atoms with E-state index >= 15 is 0 Å². The number of thiophene rings is 1. The van der Waals surface area contributed by atoms with Crippen molar-refractivity contribution in [3.05, 3.63) is 40.7 Å². The van der Waals surface area contributed by atoms with Crippen molar-refractivity contribution in [1.82, 2.24) is 4.72 Å². The minimum absolute atomic E-state index is 0.168. The lowest BCUT2D eigenvalue weighted by Crippen LogP contribution is -2.25. The van der Waals surface area contributed by atoms with Crippen LogP contribution < -0.4 is 4.72 Å². The Bertz CT molecular complexity index is 657. The van der Waals surface area contributed by atoms with E-state index in [1.807, 2.05) is 0 Å². The van der Waals surface area contributed by atoms with Crippen molar-refractivity contribution in [2.75, 3.05) is 0 Å². The van der Waals surface area contributed by atoms with E-state index in [9.17, 15) is 8.42 Å². The molecular weight excluding hydrogens is 286 g/mol. The molecule has 0 aliphatic rings. The highest BCUT2D eigenvalue weighted by Gasteiger charge is 2.21. The van der Waals surface area contributed by atoms with Crippen LogP contribution in [0.15, 0.2) is 32.2 Å². The predicted octanol–water partition coefficient (Wildman–Crippen LogP) is 2.18. The monoisotopic (exact) mass is 301 g/mol. The molecule has 0 radical (unpaired) electrons. The van der Waals surface area contributed by atoms with E-state index in [4.69, 9.17) is 9.52 Å². The molecule has 0 aromatic carbocycles. The standard InChI is InChI=1S/C12H15NO4S2/c1-8-3-4-11(17-8)9(2)13-19(15,16)12-5-10(6-14)7-18-12/h3-5,7,9,13-14H,6H2,1-2H3. The van der Waals surface area contributed by atoms with Gasteiger partial charge in [0.2, 0.25) is 0 Å². The van der Waals surface area contributed by atoms with Crippen LogP contribution >= 0.6 is 11.3 Å². The Morgan fingerprint density at radius 1 is 1.47 bits per heavy atom. The van der Waals surface area contributed by atoms with Gasteiger partial charge in [0.25, 0.3) is 10.0 Å². The molecule has 0 fully saturated rings. The maximum atomic E-state index is 12.1. The maximum absolute atomic E-state index is 12.1. The number of rotatable bonds is 5. The molecule has 0 saturated carbocycles. The molecule has 2 aromatic heterocycles. The highest BCUT2D eigenvalue weighted by Crippen LogP contribution is 2.23. The third-order valence-electron chi connectivity index (χ3n) is 2.60. The molecule has 104 valence electrons. The van der Waals surface area contributed by atoms with Gasteiger partial charge in [0.1, 0.15) is 15.7 Å². The van der Waals surface area contributed by atoms with E-state index in [-0.39, 0.29) is 10.8 Å². The Balaban J connectivity index is 2.17.